The molecular weight excluding hydrogens is 169 g/mol. The van der Waals surface area contributed by atoms with Crippen molar-refractivity contribution < 1.29 is 9.50 Å². The molecule has 0 saturated heterocycles. The summed E-state index contributed by atoms with van der Waals surface area (Å²) < 4.78 is 13.1. The first-order chi connectivity index (χ1) is 6.05. The first-order valence-corrected chi connectivity index (χ1v) is 4.18. The van der Waals surface area contributed by atoms with Crippen LogP contribution in [0.1, 0.15) is 12.5 Å². The molecule has 0 saturated carbocycles. The van der Waals surface area contributed by atoms with Crippen LogP contribution in [0.25, 0.3) is 0 Å². The second-order valence-corrected chi connectivity index (χ2v) is 3.58. The number of aliphatic hydroxyl groups excluding tert-OH is 1. The van der Waals surface area contributed by atoms with Gasteiger partial charge in [0.15, 0.2) is 0 Å². The third kappa shape index (κ3) is 2.79. The minimum Gasteiger partial charge on any atom is -0.394 e. The van der Waals surface area contributed by atoms with E-state index in [1.54, 1.807) is 25.1 Å². The third-order valence-electron chi connectivity index (χ3n) is 1.91. The maximum atomic E-state index is 13.1. The maximum absolute atomic E-state index is 13.1. The zero-order valence-corrected chi connectivity index (χ0v) is 7.63. The van der Waals surface area contributed by atoms with Gasteiger partial charge in [0, 0.05) is 5.54 Å². The quantitative estimate of drug-likeness (QED) is 0.736. The lowest BCUT2D eigenvalue weighted by atomic mass is 9.95. The van der Waals surface area contributed by atoms with E-state index in [2.05, 4.69) is 0 Å². The van der Waals surface area contributed by atoms with Crippen molar-refractivity contribution in [3.05, 3.63) is 35.6 Å². The van der Waals surface area contributed by atoms with Crippen LogP contribution in [0, 0.1) is 5.82 Å². The number of rotatable bonds is 3. The van der Waals surface area contributed by atoms with Gasteiger partial charge in [0.25, 0.3) is 0 Å². The average Bonchev–Trinajstić information content (AvgIpc) is 2.09. The molecule has 1 aromatic rings. The van der Waals surface area contributed by atoms with E-state index in [4.69, 9.17) is 10.8 Å². The van der Waals surface area contributed by atoms with E-state index in [-0.39, 0.29) is 12.4 Å². The Morgan fingerprint density at radius 3 is 2.62 bits per heavy atom. The molecule has 72 valence electrons. The van der Waals surface area contributed by atoms with Gasteiger partial charge in [-0.1, -0.05) is 18.2 Å². The van der Waals surface area contributed by atoms with Gasteiger partial charge in [0.1, 0.15) is 5.82 Å². The number of nitrogens with two attached hydrogens (primary N) is 1. The SMILES string of the molecule is C[C@@](N)(CO)Cc1ccccc1F. The third-order valence-corrected chi connectivity index (χ3v) is 1.91. The Morgan fingerprint density at radius 2 is 2.08 bits per heavy atom. The van der Waals surface area contributed by atoms with E-state index < -0.39 is 5.54 Å². The largest absolute Gasteiger partial charge is 0.394 e. The van der Waals surface area contributed by atoms with E-state index in [0.29, 0.717) is 12.0 Å². The molecular formula is C10H14FNO. The van der Waals surface area contributed by atoms with Gasteiger partial charge in [-0.3, -0.25) is 0 Å². The van der Waals surface area contributed by atoms with Gasteiger partial charge in [-0.05, 0) is 25.0 Å². The van der Waals surface area contributed by atoms with Crippen LogP contribution in [0.5, 0.6) is 0 Å². The maximum Gasteiger partial charge on any atom is 0.126 e. The number of halogens is 1. The lowest BCUT2D eigenvalue weighted by Crippen LogP contribution is -2.42. The van der Waals surface area contributed by atoms with Crippen molar-refractivity contribution in [2.45, 2.75) is 18.9 Å². The summed E-state index contributed by atoms with van der Waals surface area (Å²) in [6, 6.07) is 6.45. The van der Waals surface area contributed by atoms with E-state index in [1.807, 2.05) is 0 Å². The molecule has 13 heavy (non-hydrogen) atoms. The molecule has 1 aromatic carbocycles. The molecule has 0 bridgehead atoms. The highest BCUT2D eigenvalue weighted by atomic mass is 19.1. The Balaban J connectivity index is 2.80. The topological polar surface area (TPSA) is 46.2 Å². The highest BCUT2D eigenvalue weighted by Crippen LogP contribution is 2.13. The van der Waals surface area contributed by atoms with E-state index in [9.17, 15) is 4.39 Å². The number of aliphatic hydroxyl groups is 1. The Kier molecular flexibility index (Phi) is 3.01. The molecule has 2 nitrogen and oxygen atoms in total. The zero-order valence-electron chi connectivity index (χ0n) is 7.63. The number of benzene rings is 1. The van der Waals surface area contributed by atoms with Gasteiger partial charge in [-0.15, -0.1) is 0 Å². The molecule has 0 aliphatic heterocycles. The molecule has 0 aromatic heterocycles. The van der Waals surface area contributed by atoms with Crippen LogP contribution >= 0.6 is 0 Å². The van der Waals surface area contributed by atoms with Crippen molar-refractivity contribution in [3.63, 3.8) is 0 Å². The molecule has 0 aliphatic rings. The lowest BCUT2D eigenvalue weighted by Gasteiger charge is -2.21. The van der Waals surface area contributed by atoms with E-state index in [1.165, 1.54) is 6.07 Å². The summed E-state index contributed by atoms with van der Waals surface area (Å²) in [6.07, 6.45) is 0.343. The highest BCUT2D eigenvalue weighted by molar-refractivity contribution is 5.19. The molecule has 3 N–H and O–H groups in total. The fraction of sp³-hybridized carbons (Fsp3) is 0.400. The van der Waals surface area contributed by atoms with Crippen molar-refractivity contribution in [3.8, 4) is 0 Å². The molecule has 0 fully saturated rings. The van der Waals surface area contributed by atoms with Crippen LogP contribution in [-0.2, 0) is 6.42 Å². The highest BCUT2D eigenvalue weighted by Gasteiger charge is 2.19. The summed E-state index contributed by atoms with van der Waals surface area (Å²) in [6.45, 7) is 1.54. The van der Waals surface area contributed by atoms with Crippen LogP contribution in [0.4, 0.5) is 4.39 Å². The van der Waals surface area contributed by atoms with Crippen LogP contribution in [-0.4, -0.2) is 17.3 Å². The molecule has 0 spiro atoms. The monoisotopic (exact) mass is 183 g/mol. The first kappa shape index (κ1) is 10.2. The van der Waals surface area contributed by atoms with Crippen LogP contribution in [0.3, 0.4) is 0 Å². The second kappa shape index (κ2) is 3.85. The minimum absolute atomic E-state index is 0.151. The van der Waals surface area contributed by atoms with E-state index in [0.717, 1.165) is 0 Å². The van der Waals surface area contributed by atoms with Crippen LogP contribution < -0.4 is 5.73 Å². The molecule has 0 radical (unpaired) electrons. The second-order valence-electron chi connectivity index (χ2n) is 3.58. The van der Waals surface area contributed by atoms with Crippen LogP contribution in [0.15, 0.2) is 24.3 Å². The smallest absolute Gasteiger partial charge is 0.126 e. The normalized spacial score (nSPS) is 15.4. The van der Waals surface area contributed by atoms with Crippen molar-refractivity contribution >= 4 is 0 Å². The molecule has 0 amide bonds. The first-order valence-electron chi connectivity index (χ1n) is 4.18. The Bertz CT molecular complexity index is 286. The molecule has 0 heterocycles. The molecule has 0 aliphatic carbocycles. The van der Waals surface area contributed by atoms with Crippen LogP contribution in [0.2, 0.25) is 0 Å². The fourth-order valence-electron chi connectivity index (χ4n) is 1.13. The molecule has 1 atom stereocenters. The average molecular weight is 183 g/mol. The van der Waals surface area contributed by atoms with Gasteiger partial charge < -0.3 is 10.8 Å². The van der Waals surface area contributed by atoms with Gasteiger partial charge in [-0.2, -0.15) is 0 Å². The van der Waals surface area contributed by atoms with E-state index >= 15 is 0 Å². The summed E-state index contributed by atoms with van der Waals surface area (Å²) in [5.74, 6) is -0.271. The summed E-state index contributed by atoms with van der Waals surface area (Å²) in [5, 5.41) is 8.90. The predicted molar refractivity (Wildman–Crippen MR) is 49.8 cm³/mol. The number of hydrogen-bond donors (Lipinski definition) is 2. The van der Waals surface area contributed by atoms with Gasteiger partial charge in [-0.25, -0.2) is 4.39 Å². The Morgan fingerprint density at radius 1 is 1.46 bits per heavy atom. The van der Waals surface area contributed by atoms with Crippen molar-refractivity contribution in [2.24, 2.45) is 5.73 Å². The van der Waals surface area contributed by atoms with Gasteiger partial charge >= 0.3 is 0 Å². The lowest BCUT2D eigenvalue weighted by molar-refractivity contribution is 0.207. The summed E-state index contributed by atoms with van der Waals surface area (Å²) in [5.41, 5.74) is 5.50. The van der Waals surface area contributed by atoms with Gasteiger partial charge in [0.05, 0.1) is 6.61 Å². The van der Waals surface area contributed by atoms with Crippen molar-refractivity contribution in [1.82, 2.24) is 0 Å². The minimum atomic E-state index is -0.748. The zero-order chi connectivity index (χ0) is 9.90. The molecule has 1 rings (SSSR count). The summed E-state index contributed by atoms with van der Waals surface area (Å²) in [7, 11) is 0. The Labute approximate surface area is 77.2 Å². The standard InChI is InChI=1S/C10H14FNO/c1-10(12,7-13)6-8-4-2-3-5-9(8)11/h2-5,13H,6-7,12H2,1H3/t10-/m0/s1. The van der Waals surface area contributed by atoms with Crippen molar-refractivity contribution in [1.29, 1.82) is 0 Å². The van der Waals surface area contributed by atoms with Crippen molar-refractivity contribution in [2.75, 3.05) is 6.61 Å². The number of hydrogen-bond acceptors (Lipinski definition) is 2. The Hall–Kier alpha value is -0.930. The summed E-state index contributed by atoms with van der Waals surface area (Å²) in [4.78, 5) is 0. The molecule has 0 unspecified atom stereocenters. The summed E-state index contributed by atoms with van der Waals surface area (Å²) >= 11 is 0. The molecule has 3 heteroatoms. The predicted octanol–water partition coefficient (Wildman–Crippen LogP) is 1.08. The fourth-order valence-corrected chi connectivity index (χ4v) is 1.13. The van der Waals surface area contributed by atoms with Gasteiger partial charge in [0.2, 0.25) is 0 Å².